The molecule has 0 radical (unpaired) electrons. The Balaban J connectivity index is 1.23. The van der Waals surface area contributed by atoms with E-state index in [1.165, 1.54) is 28.6 Å². The number of aliphatic hydroxyl groups is 1. The van der Waals surface area contributed by atoms with Crippen LogP contribution in [0, 0.1) is 11.3 Å². The Morgan fingerprint density at radius 1 is 0.882 bits per heavy atom. The van der Waals surface area contributed by atoms with Gasteiger partial charge in [-0.05, 0) is 47.5 Å². The topological polar surface area (TPSA) is 93.9 Å². The van der Waals surface area contributed by atoms with Crippen LogP contribution in [-0.2, 0) is 10.0 Å². The fraction of sp³-hybridized carbons (Fsp3) is 0.269. The van der Waals surface area contributed by atoms with E-state index < -0.39 is 16.1 Å². The molecule has 1 aliphatic heterocycles. The average Bonchev–Trinajstić information content (AvgIpc) is 2.88. The maximum atomic E-state index is 12.8. The second kappa shape index (κ2) is 10.8. The summed E-state index contributed by atoms with van der Waals surface area (Å²) >= 11 is 0. The molecule has 0 saturated carbocycles. The lowest BCUT2D eigenvalue weighted by atomic mass is 10.1. The van der Waals surface area contributed by atoms with Crippen LogP contribution in [0.5, 0.6) is 5.75 Å². The van der Waals surface area contributed by atoms with Gasteiger partial charge in [0.1, 0.15) is 18.5 Å². The molecule has 34 heavy (non-hydrogen) atoms. The summed E-state index contributed by atoms with van der Waals surface area (Å²) in [5.74, 6) is 0.692. The highest BCUT2D eigenvalue weighted by molar-refractivity contribution is 7.89. The number of β-amino-alcohol motifs (C(OH)–C–C–N with tert-alkyl or cyclic N) is 1. The molecule has 176 valence electrons. The number of hydrogen-bond donors (Lipinski definition) is 1. The first kappa shape index (κ1) is 23.9. The second-order valence-corrected chi connectivity index (χ2v) is 10.1. The lowest BCUT2D eigenvalue weighted by Crippen LogP contribution is -2.50. The van der Waals surface area contributed by atoms with E-state index >= 15 is 0 Å². The summed E-state index contributed by atoms with van der Waals surface area (Å²) in [5.41, 5.74) is 2.66. The molecule has 1 aliphatic rings. The normalized spacial score (nSPS) is 16.0. The van der Waals surface area contributed by atoms with Crippen LogP contribution in [-0.4, -0.2) is 68.2 Å². The molecule has 0 aliphatic carbocycles. The van der Waals surface area contributed by atoms with Crippen molar-refractivity contribution in [2.24, 2.45) is 0 Å². The lowest BCUT2D eigenvalue weighted by Gasteiger charge is -2.34. The van der Waals surface area contributed by atoms with Gasteiger partial charge in [0, 0.05) is 32.7 Å². The number of nitriles is 1. The Labute approximate surface area is 200 Å². The Hall–Kier alpha value is -3.22. The largest absolute Gasteiger partial charge is 0.491 e. The quantitative estimate of drug-likeness (QED) is 0.536. The second-order valence-electron chi connectivity index (χ2n) is 8.20. The molecule has 1 heterocycles. The number of hydrogen-bond acceptors (Lipinski definition) is 6. The number of sulfonamides is 1. The average molecular weight is 478 g/mol. The van der Waals surface area contributed by atoms with E-state index in [1.54, 1.807) is 0 Å². The number of ether oxygens (including phenoxy) is 1. The molecule has 3 aromatic carbocycles. The van der Waals surface area contributed by atoms with Gasteiger partial charge in [-0.3, -0.25) is 4.90 Å². The van der Waals surface area contributed by atoms with E-state index in [-0.39, 0.29) is 11.5 Å². The highest BCUT2D eigenvalue weighted by Gasteiger charge is 2.29. The van der Waals surface area contributed by atoms with E-state index in [9.17, 15) is 13.5 Å². The van der Waals surface area contributed by atoms with Crippen molar-refractivity contribution in [3.63, 3.8) is 0 Å². The van der Waals surface area contributed by atoms with Crippen molar-refractivity contribution in [2.75, 3.05) is 39.3 Å². The van der Waals surface area contributed by atoms with Crippen molar-refractivity contribution in [3.8, 4) is 22.9 Å². The summed E-state index contributed by atoms with van der Waals surface area (Å²) in [5, 5.41) is 19.3. The fourth-order valence-corrected chi connectivity index (χ4v) is 5.34. The van der Waals surface area contributed by atoms with Gasteiger partial charge in [0.05, 0.1) is 16.5 Å². The summed E-state index contributed by atoms with van der Waals surface area (Å²) in [4.78, 5) is 2.23. The third kappa shape index (κ3) is 5.82. The van der Waals surface area contributed by atoms with Crippen molar-refractivity contribution >= 4 is 10.0 Å². The zero-order valence-corrected chi connectivity index (χ0v) is 19.6. The first-order valence-corrected chi connectivity index (χ1v) is 12.6. The monoisotopic (exact) mass is 477 g/mol. The molecule has 0 amide bonds. The molecule has 1 N–H and O–H groups in total. The Bertz CT molecular complexity index is 1220. The SMILES string of the molecule is N#Cc1ccc(S(=O)(=O)N2CCN(CC(O)COc3ccc(-c4ccccc4)cc3)CC2)cc1. The highest BCUT2D eigenvalue weighted by atomic mass is 32.2. The van der Waals surface area contributed by atoms with E-state index in [4.69, 9.17) is 10.00 Å². The number of benzene rings is 3. The van der Waals surface area contributed by atoms with Crippen LogP contribution in [0.3, 0.4) is 0 Å². The van der Waals surface area contributed by atoms with Crippen molar-refractivity contribution in [1.29, 1.82) is 5.26 Å². The Morgan fingerprint density at radius 2 is 1.50 bits per heavy atom. The Morgan fingerprint density at radius 3 is 2.12 bits per heavy atom. The molecule has 8 heteroatoms. The van der Waals surface area contributed by atoms with Gasteiger partial charge in [-0.15, -0.1) is 0 Å². The van der Waals surface area contributed by atoms with E-state index in [2.05, 4.69) is 12.1 Å². The van der Waals surface area contributed by atoms with Crippen LogP contribution in [0.25, 0.3) is 11.1 Å². The minimum absolute atomic E-state index is 0.161. The maximum absolute atomic E-state index is 12.8. The first-order valence-electron chi connectivity index (χ1n) is 11.1. The predicted octanol–water partition coefficient (Wildman–Crippen LogP) is 2.97. The smallest absolute Gasteiger partial charge is 0.243 e. The summed E-state index contributed by atoms with van der Waals surface area (Å²) in [7, 11) is -3.60. The summed E-state index contributed by atoms with van der Waals surface area (Å²) in [6.07, 6.45) is -0.685. The maximum Gasteiger partial charge on any atom is 0.243 e. The summed E-state index contributed by atoms with van der Waals surface area (Å²) in [6.45, 7) is 2.31. The molecule has 1 fully saturated rings. The van der Waals surface area contributed by atoms with Crippen LogP contribution < -0.4 is 4.74 Å². The van der Waals surface area contributed by atoms with Crippen molar-refractivity contribution < 1.29 is 18.3 Å². The number of piperazine rings is 1. The molecule has 0 spiro atoms. The van der Waals surface area contributed by atoms with Gasteiger partial charge >= 0.3 is 0 Å². The molecule has 1 atom stereocenters. The Kier molecular flexibility index (Phi) is 7.60. The van der Waals surface area contributed by atoms with E-state index in [0.29, 0.717) is 44.0 Å². The molecular weight excluding hydrogens is 450 g/mol. The van der Waals surface area contributed by atoms with E-state index in [1.807, 2.05) is 53.4 Å². The van der Waals surface area contributed by atoms with Gasteiger partial charge in [0.2, 0.25) is 10.0 Å². The minimum Gasteiger partial charge on any atom is -0.491 e. The van der Waals surface area contributed by atoms with Crippen LogP contribution in [0.2, 0.25) is 0 Å². The van der Waals surface area contributed by atoms with Crippen LogP contribution in [0.4, 0.5) is 0 Å². The first-order chi connectivity index (χ1) is 16.5. The van der Waals surface area contributed by atoms with Crippen LogP contribution in [0.15, 0.2) is 83.8 Å². The van der Waals surface area contributed by atoms with E-state index in [0.717, 1.165) is 11.1 Å². The number of aliphatic hydroxyl groups excluding tert-OH is 1. The molecule has 1 unspecified atom stereocenters. The van der Waals surface area contributed by atoms with Gasteiger partial charge in [-0.1, -0.05) is 42.5 Å². The summed E-state index contributed by atoms with van der Waals surface area (Å²) < 4.78 is 32.9. The third-order valence-electron chi connectivity index (χ3n) is 5.83. The van der Waals surface area contributed by atoms with Crippen molar-refractivity contribution in [1.82, 2.24) is 9.21 Å². The lowest BCUT2D eigenvalue weighted by molar-refractivity contribution is 0.0569. The zero-order valence-electron chi connectivity index (χ0n) is 18.7. The molecule has 7 nitrogen and oxygen atoms in total. The van der Waals surface area contributed by atoms with Crippen molar-refractivity contribution in [3.05, 3.63) is 84.4 Å². The van der Waals surface area contributed by atoms with Gasteiger partial charge in [0.25, 0.3) is 0 Å². The number of nitrogens with zero attached hydrogens (tertiary/aromatic N) is 3. The molecule has 4 rings (SSSR count). The summed E-state index contributed by atoms with van der Waals surface area (Å²) in [6, 6.07) is 25.8. The zero-order chi connectivity index (χ0) is 24.0. The van der Waals surface area contributed by atoms with Crippen LogP contribution in [0.1, 0.15) is 5.56 Å². The fourth-order valence-electron chi connectivity index (χ4n) is 3.92. The standard InChI is InChI=1S/C26H27N3O4S/c27-18-21-6-12-26(13-7-21)34(31,32)29-16-14-28(15-17-29)19-24(30)20-33-25-10-8-23(9-11-25)22-4-2-1-3-5-22/h1-13,24,30H,14-17,19-20H2. The molecule has 1 saturated heterocycles. The number of rotatable bonds is 8. The van der Waals surface area contributed by atoms with Gasteiger partial charge < -0.3 is 9.84 Å². The van der Waals surface area contributed by atoms with Crippen LogP contribution >= 0.6 is 0 Å². The van der Waals surface area contributed by atoms with Crippen molar-refractivity contribution in [2.45, 2.75) is 11.0 Å². The molecule has 0 bridgehead atoms. The predicted molar refractivity (Wildman–Crippen MR) is 130 cm³/mol. The van der Waals surface area contributed by atoms with Gasteiger partial charge in [-0.2, -0.15) is 9.57 Å². The van der Waals surface area contributed by atoms with Gasteiger partial charge in [-0.25, -0.2) is 8.42 Å². The molecule has 3 aromatic rings. The molecular formula is C26H27N3O4S. The minimum atomic E-state index is -3.60. The molecule has 0 aromatic heterocycles. The third-order valence-corrected chi connectivity index (χ3v) is 7.74. The van der Waals surface area contributed by atoms with Gasteiger partial charge in [0.15, 0.2) is 0 Å². The highest BCUT2D eigenvalue weighted by Crippen LogP contribution is 2.22.